The predicted octanol–water partition coefficient (Wildman–Crippen LogP) is 0.976. The van der Waals surface area contributed by atoms with Crippen LogP contribution in [0.5, 0.6) is 5.75 Å². The second-order valence-electron chi connectivity index (χ2n) is 5.65. The zero-order chi connectivity index (χ0) is 16.2. The summed E-state index contributed by atoms with van der Waals surface area (Å²) < 4.78 is 10.5. The lowest BCUT2D eigenvalue weighted by Gasteiger charge is -2.06. The molecule has 4 heteroatoms. The van der Waals surface area contributed by atoms with E-state index in [1.807, 2.05) is 12.1 Å². The first kappa shape index (κ1) is 18.5. The van der Waals surface area contributed by atoms with Gasteiger partial charge in [-0.05, 0) is 18.6 Å². The molecule has 0 aliphatic carbocycles. The average molecular weight is 434 g/mol. The van der Waals surface area contributed by atoms with Crippen LogP contribution in [0.25, 0.3) is 22.5 Å². The third-order valence-corrected chi connectivity index (χ3v) is 4.07. The molecule has 3 rings (SSSR count). The normalized spacial score (nSPS) is 10.3. The highest BCUT2D eigenvalue weighted by molar-refractivity contribution is 5.76. The van der Waals surface area contributed by atoms with Crippen LogP contribution >= 0.6 is 0 Å². The molecular formula is C20H23IN2O. The summed E-state index contributed by atoms with van der Waals surface area (Å²) in [5.41, 5.74) is 4.55. The highest BCUT2D eigenvalue weighted by atomic mass is 127. The van der Waals surface area contributed by atoms with Gasteiger partial charge in [-0.3, -0.25) is 0 Å². The summed E-state index contributed by atoms with van der Waals surface area (Å²) in [4.78, 5) is 0. The van der Waals surface area contributed by atoms with E-state index in [4.69, 9.17) is 4.74 Å². The standard InChI is InChI=1S/C20H23N2O.HI/c1-4-15-23-20-18(16-11-7-5-8-12-16)21(2)22(3)19(20)17-13-9-6-10-14-17;/h5-14H,4,15H2,1-3H3;1H/q+1;/p-1. The maximum absolute atomic E-state index is 6.19. The summed E-state index contributed by atoms with van der Waals surface area (Å²) in [6, 6.07) is 20.8. The Morgan fingerprint density at radius 2 is 1.46 bits per heavy atom. The Labute approximate surface area is 160 Å². The first-order chi connectivity index (χ1) is 11.2. The second kappa shape index (κ2) is 8.33. The second-order valence-corrected chi connectivity index (χ2v) is 5.65. The first-order valence-corrected chi connectivity index (χ1v) is 8.06. The molecule has 24 heavy (non-hydrogen) atoms. The van der Waals surface area contributed by atoms with E-state index in [0.29, 0.717) is 6.61 Å². The van der Waals surface area contributed by atoms with Gasteiger partial charge in [0.05, 0.1) is 19.2 Å². The molecular weight excluding hydrogens is 411 g/mol. The highest BCUT2D eigenvalue weighted by Crippen LogP contribution is 2.37. The number of benzene rings is 2. The van der Waals surface area contributed by atoms with Crippen molar-refractivity contribution in [1.29, 1.82) is 0 Å². The molecule has 0 radical (unpaired) electrons. The van der Waals surface area contributed by atoms with Crippen molar-refractivity contribution in [1.82, 2.24) is 4.68 Å². The minimum Gasteiger partial charge on any atom is -1.00 e. The van der Waals surface area contributed by atoms with Crippen LogP contribution in [-0.4, -0.2) is 11.3 Å². The molecule has 0 N–H and O–H groups in total. The molecule has 0 bridgehead atoms. The molecule has 0 unspecified atom stereocenters. The lowest BCUT2D eigenvalue weighted by molar-refractivity contribution is -0.740. The molecule has 0 aliphatic heterocycles. The lowest BCUT2D eigenvalue weighted by Crippen LogP contribution is -3.00. The number of nitrogens with zero attached hydrogens (tertiary/aromatic N) is 2. The van der Waals surface area contributed by atoms with Crippen molar-refractivity contribution >= 4 is 0 Å². The Bertz CT molecular complexity index is 719. The van der Waals surface area contributed by atoms with Crippen LogP contribution in [-0.2, 0) is 14.1 Å². The van der Waals surface area contributed by atoms with E-state index < -0.39 is 0 Å². The predicted molar refractivity (Wildman–Crippen MR) is 93.2 cm³/mol. The average Bonchev–Trinajstić information content (AvgIpc) is 2.85. The maximum atomic E-state index is 6.19. The number of hydrogen-bond acceptors (Lipinski definition) is 1. The van der Waals surface area contributed by atoms with Gasteiger partial charge in [0.2, 0.25) is 5.75 Å². The molecule has 3 nitrogen and oxygen atoms in total. The van der Waals surface area contributed by atoms with Crippen molar-refractivity contribution < 1.29 is 33.4 Å². The smallest absolute Gasteiger partial charge is 0.280 e. The number of hydrogen-bond donors (Lipinski definition) is 0. The van der Waals surface area contributed by atoms with Gasteiger partial charge < -0.3 is 28.7 Å². The van der Waals surface area contributed by atoms with E-state index in [-0.39, 0.29) is 24.0 Å². The summed E-state index contributed by atoms with van der Waals surface area (Å²) in [7, 11) is 4.15. The molecule has 0 spiro atoms. The van der Waals surface area contributed by atoms with Gasteiger partial charge in [0.15, 0.2) is 12.7 Å². The molecule has 126 valence electrons. The van der Waals surface area contributed by atoms with Crippen LogP contribution in [0.3, 0.4) is 0 Å². The Balaban J connectivity index is 0.00000208. The quantitative estimate of drug-likeness (QED) is 0.433. The molecule has 0 saturated carbocycles. The van der Waals surface area contributed by atoms with Crippen LogP contribution in [0, 0.1) is 0 Å². The van der Waals surface area contributed by atoms with E-state index >= 15 is 0 Å². The van der Waals surface area contributed by atoms with Crippen molar-refractivity contribution in [2.75, 3.05) is 6.61 Å². The number of halogens is 1. The summed E-state index contributed by atoms with van der Waals surface area (Å²) in [5, 5.41) is 0. The zero-order valence-electron chi connectivity index (χ0n) is 14.4. The largest absolute Gasteiger partial charge is 1.00 e. The SMILES string of the molecule is CCCOc1c(-c2ccccc2)n(C)[n+](C)c1-c1ccccc1.[I-]. The summed E-state index contributed by atoms with van der Waals surface area (Å²) in [6.45, 7) is 2.84. The summed E-state index contributed by atoms with van der Waals surface area (Å²) in [6.07, 6.45) is 0.987. The molecule has 0 amide bonds. The van der Waals surface area contributed by atoms with Gasteiger partial charge in [-0.2, -0.15) is 4.68 Å². The van der Waals surface area contributed by atoms with E-state index in [1.54, 1.807) is 0 Å². The van der Waals surface area contributed by atoms with Crippen molar-refractivity contribution in [3.8, 4) is 28.3 Å². The number of rotatable bonds is 5. The summed E-state index contributed by atoms with van der Waals surface area (Å²) >= 11 is 0. The van der Waals surface area contributed by atoms with Gasteiger partial charge in [0.1, 0.15) is 0 Å². The van der Waals surface area contributed by atoms with Gasteiger partial charge >= 0.3 is 0 Å². The Morgan fingerprint density at radius 1 is 0.917 bits per heavy atom. The minimum absolute atomic E-state index is 0. The fraction of sp³-hybridized carbons (Fsp3) is 0.250. The third-order valence-electron chi connectivity index (χ3n) is 4.07. The molecule has 1 heterocycles. The van der Waals surface area contributed by atoms with E-state index in [2.05, 4.69) is 78.9 Å². The van der Waals surface area contributed by atoms with Crippen LogP contribution in [0.4, 0.5) is 0 Å². The van der Waals surface area contributed by atoms with Gasteiger partial charge in [-0.15, -0.1) is 4.68 Å². The molecule has 3 aromatic rings. The molecule has 1 aromatic heterocycles. The van der Waals surface area contributed by atoms with Crippen LogP contribution in [0.1, 0.15) is 13.3 Å². The van der Waals surface area contributed by atoms with E-state index in [1.165, 1.54) is 11.1 Å². The number of aromatic nitrogens is 2. The molecule has 0 saturated heterocycles. The zero-order valence-corrected chi connectivity index (χ0v) is 16.5. The lowest BCUT2D eigenvalue weighted by atomic mass is 10.1. The minimum atomic E-state index is 0. The van der Waals surface area contributed by atoms with Crippen molar-refractivity contribution in [2.45, 2.75) is 13.3 Å². The monoisotopic (exact) mass is 434 g/mol. The van der Waals surface area contributed by atoms with Crippen molar-refractivity contribution in [3.05, 3.63) is 60.7 Å². The fourth-order valence-corrected chi connectivity index (χ4v) is 2.87. The molecule has 0 aliphatic rings. The van der Waals surface area contributed by atoms with Crippen molar-refractivity contribution in [2.24, 2.45) is 14.1 Å². The molecule has 2 aromatic carbocycles. The Kier molecular flexibility index (Phi) is 6.43. The first-order valence-electron chi connectivity index (χ1n) is 8.06. The van der Waals surface area contributed by atoms with Crippen LogP contribution in [0.2, 0.25) is 0 Å². The highest BCUT2D eigenvalue weighted by Gasteiger charge is 2.29. The maximum Gasteiger partial charge on any atom is 0.280 e. The number of ether oxygens (including phenoxy) is 1. The van der Waals surface area contributed by atoms with Crippen LogP contribution < -0.4 is 33.4 Å². The van der Waals surface area contributed by atoms with Gasteiger partial charge in [0, 0.05) is 5.56 Å². The van der Waals surface area contributed by atoms with Gasteiger partial charge in [-0.25, -0.2) is 0 Å². The Morgan fingerprint density at radius 3 is 2.00 bits per heavy atom. The molecule has 0 atom stereocenters. The van der Waals surface area contributed by atoms with Crippen molar-refractivity contribution in [3.63, 3.8) is 0 Å². The van der Waals surface area contributed by atoms with Gasteiger partial charge in [0.25, 0.3) is 5.69 Å². The van der Waals surface area contributed by atoms with Gasteiger partial charge in [-0.1, -0.05) is 55.5 Å². The molecule has 0 fully saturated rings. The topological polar surface area (TPSA) is 18.0 Å². The van der Waals surface area contributed by atoms with Crippen LogP contribution in [0.15, 0.2) is 60.7 Å². The Hall–Kier alpha value is -1.82. The fourth-order valence-electron chi connectivity index (χ4n) is 2.87. The van der Waals surface area contributed by atoms with E-state index in [9.17, 15) is 0 Å². The third kappa shape index (κ3) is 3.48. The summed E-state index contributed by atoms with van der Waals surface area (Å²) in [5.74, 6) is 0.953. The van der Waals surface area contributed by atoms with E-state index in [0.717, 1.165) is 23.6 Å².